The summed E-state index contributed by atoms with van der Waals surface area (Å²) in [5, 5.41) is 14.8. The summed E-state index contributed by atoms with van der Waals surface area (Å²) in [4.78, 5) is 0. The van der Waals surface area contributed by atoms with Gasteiger partial charge in [0, 0.05) is 32.7 Å². The quantitative estimate of drug-likeness (QED) is 0.868. The predicted octanol–water partition coefficient (Wildman–Crippen LogP) is 1.67. The van der Waals surface area contributed by atoms with Gasteiger partial charge in [0.15, 0.2) is 0 Å². The summed E-state index contributed by atoms with van der Waals surface area (Å²) in [6.45, 7) is 2.82. The first kappa shape index (κ1) is 12.6. The van der Waals surface area contributed by atoms with Crippen molar-refractivity contribution in [3.8, 4) is 0 Å². The summed E-state index contributed by atoms with van der Waals surface area (Å²) in [6.07, 6.45) is 8.32. The molecule has 0 aromatic carbocycles. The normalized spacial score (nSPS) is 29.5. The Morgan fingerprint density at radius 3 is 3.12 bits per heavy atom. The number of aliphatic hydroxyl groups is 1. The van der Waals surface area contributed by atoms with Crippen molar-refractivity contribution in [2.24, 2.45) is 7.05 Å². The van der Waals surface area contributed by atoms with E-state index in [9.17, 15) is 5.11 Å². The lowest BCUT2D eigenvalue weighted by atomic mass is 9.84. The highest BCUT2D eigenvalue weighted by atomic mass is 16.5. The number of aromatic nitrogens is 2. The summed E-state index contributed by atoms with van der Waals surface area (Å²) >= 11 is 0. The summed E-state index contributed by atoms with van der Waals surface area (Å²) in [5.74, 6) is 0. The van der Waals surface area contributed by atoms with Crippen molar-refractivity contribution in [1.29, 1.82) is 0 Å². The molecule has 0 aliphatic carbocycles. The lowest BCUT2D eigenvalue weighted by Gasteiger charge is -2.36. The van der Waals surface area contributed by atoms with E-state index in [0.717, 1.165) is 31.2 Å². The van der Waals surface area contributed by atoms with Gasteiger partial charge < -0.3 is 9.84 Å². The molecule has 0 radical (unpaired) electrons. The topological polar surface area (TPSA) is 47.3 Å². The summed E-state index contributed by atoms with van der Waals surface area (Å²) in [6, 6.07) is 0. The number of aryl methyl sites for hydroxylation is 1. The van der Waals surface area contributed by atoms with Crippen molar-refractivity contribution in [2.45, 2.75) is 50.7 Å². The van der Waals surface area contributed by atoms with E-state index in [1.165, 1.54) is 0 Å². The molecule has 2 atom stereocenters. The number of ether oxygens (including phenoxy) is 1. The Hall–Kier alpha value is -0.870. The molecule has 0 bridgehead atoms. The average Bonchev–Trinajstić information content (AvgIpc) is 2.63. The molecular weight excluding hydrogens is 216 g/mol. The largest absolute Gasteiger partial charge is 0.389 e. The molecule has 1 aromatic heterocycles. The summed E-state index contributed by atoms with van der Waals surface area (Å²) in [7, 11) is 1.90. The Bertz CT molecular complexity index is 362. The lowest BCUT2D eigenvalue weighted by molar-refractivity contribution is -0.104. The molecule has 0 amide bonds. The van der Waals surface area contributed by atoms with Crippen LogP contribution < -0.4 is 0 Å². The lowest BCUT2D eigenvalue weighted by Crippen LogP contribution is -2.42. The van der Waals surface area contributed by atoms with Crippen LogP contribution in [-0.4, -0.2) is 33.2 Å². The zero-order valence-electron chi connectivity index (χ0n) is 10.7. The first-order valence-corrected chi connectivity index (χ1v) is 6.43. The van der Waals surface area contributed by atoms with Crippen LogP contribution in [0.1, 0.15) is 38.2 Å². The molecule has 2 heterocycles. The highest BCUT2D eigenvalue weighted by Gasteiger charge is 2.34. The van der Waals surface area contributed by atoms with Crippen molar-refractivity contribution < 1.29 is 9.84 Å². The third-order valence-electron chi connectivity index (χ3n) is 3.43. The number of hydrogen-bond donors (Lipinski definition) is 1. The second kappa shape index (κ2) is 5.19. The Labute approximate surface area is 103 Å². The molecule has 1 saturated heterocycles. The van der Waals surface area contributed by atoms with Gasteiger partial charge in [-0.2, -0.15) is 5.10 Å². The van der Waals surface area contributed by atoms with Crippen LogP contribution in [0.25, 0.3) is 0 Å². The van der Waals surface area contributed by atoms with E-state index in [1.54, 1.807) is 4.68 Å². The minimum absolute atomic E-state index is 0.218. The van der Waals surface area contributed by atoms with Crippen LogP contribution in [0.3, 0.4) is 0 Å². The summed E-state index contributed by atoms with van der Waals surface area (Å²) < 4.78 is 7.46. The van der Waals surface area contributed by atoms with Crippen LogP contribution in [0.5, 0.6) is 0 Å². The molecule has 4 heteroatoms. The van der Waals surface area contributed by atoms with E-state index in [2.05, 4.69) is 12.0 Å². The molecule has 2 unspecified atom stereocenters. The van der Waals surface area contributed by atoms with E-state index in [4.69, 9.17) is 4.74 Å². The monoisotopic (exact) mass is 238 g/mol. The van der Waals surface area contributed by atoms with Crippen LogP contribution in [0.15, 0.2) is 12.4 Å². The molecule has 1 N–H and O–H groups in total. The van der Waals surface area contributed by atoms with Gasteiger partial charge in [0.05, 0.1) is 17.9 Å². The molecule has 17 heavy (non-hydrogen) atoms. The van der Waals surface area contributed by atoms with Gasteiger partial charge in [-0.15, -0.1) is 0 Å². The molecule has 1 aliphatic heterocycles. The molecule has 2 rings (SSSR count). The highest BCUT2D eigenvalue weighted by molar-refractivity contribution is 5.09. The van der Waals surface area contributed by atoms with Gasteiger partial charge in [-0.3, -0.25) is 4.68 Å². The van der Waals surface area contributed by atoms with Crippen molar-refractivity contribution in [3.63, 3.8) is 0 Å². The zero-order chi connectivity index (χ0) is 12.3. The highest BCUT2D eigenvalue weighted by Crippen LogP contribution is 2.30. The fourth-order valence-electron chi connectivity index (χ4n) is 2.61. The Morgan fingerprint density at radius 1 is 1.65 bits per heavy atom. The third kappa shape index (κ3) is 3.30. The van der Waals surface area contributed by atoms with Gasteiger partial charge in [0.1, 0.15) is 0 Å². The van der Waals surface area contributed by atoms with E-state index >= 15 is 0 Å². The maximum Gasteiger partial charge on any atom is 0.0735 e. The number of rotatable bonds is 4. The molecule has 96 valence electrons. The standard InChI is InChI=1S/C13H22N2O2/c1-3-4-12-8-13(16,5-6-17-12)7-11-9-14-15(2)10-11/h9-10,12,16H,3-8H2,1-2H3. The molecule has 4 nitrogen and oxygen atoms in total. The Balaban J connectivity index is 1.97. The second-order valence-corrected chi connectivity index (χ2v) is 5.16. The fourth-order valence-corrected chi connectivity index (χ4v) is 2.61. The van der Waals surface area contributed by atoms with Crippen molar-refractivity contribution in [2.75, 3.05) is 6.61 Å². The van der Waals surface area contributed by atoms with Gasteiger partial charge in [-0.05, 0) is 18.4 Å². The first-order valence-electron chi connectivity index (χ1n) is 6.43. The van der Waals surface area contributed by atoms with Crippen molar-refractivity contribution in [1.82, 2.24) is 9.78 Å². The summed E-state index contributed by atoms with van der Waals surface area (Å²) in [5.41, 5.74) is 0.494. The minimum atomic E-state index is -0.610. The third-order valence-corrected chi connectivity index (χ3v) is 3.43. The van der Waals surface area contributed by atoms with Crippen LogP contribution in [0.4, 0.5) is 0 Å². The molecular formula is C13H22N2O2. The molecule has 1 aliphatic rings. The van der Waals surface area contributed by atoms with Gasteiger partial charge in [0.25, 0.3) is 0 Å². The Kier molecular flexibility index (Phi) is 3.84. The number of hydrogen-bond acceptors (Lipinski definition) is 3. The molecule has 1 fully saturated rings. The van der Waals surface area contributed by atoms with Crippen molar-refractivity contribution >= 4 is 0 Å². The van der Waals surface area contributed by atoms with Crippen molar-refractivity contribution in [3.05, 3.63) is 18.0 Å². The van der Waals surface area contributed by atoms with E-state index in [0.29, 0.717) is 13.0 Å². The van der Waals surface area contributed by atoms with Crippen LogP contribution in [0.2, 0.25) is 0 Å². The van der Waals surface area contributed by atoms with Crippen LogP contribution in [-0.2, 0) is 18.2 Å². The number of nitrogens with zero attached hydrogens (tertiary/aromatic N) is 2. The van der Waals surface area contributed by atoms with E-state index in [-0.39, 0.29) is 6.10 Å². The smallest absolute Gasteiger partial charge is 0.0735 e. The Morgan fingerprint density at radius 2 is 2.47 bits per heavy atom. The van der Waals surface area contributed by atoms with Gasteiger partial charge in [0.2, 0.25) is 0 Å². The minimum Gasteiger partial charge on any atom is -0.389 e. The van der Waals surface area contributed by atoms with E-state index in [1.807, 2.05) is 19.4 Å². The molecule has 0 saturated carbocycles. The molecule has 1 aromatic rings. The van der Waals surface area contributed by atoms with Crippen LogP contribution in [0, 0.1) is 0 Å². The zero-order valence-corrected chi connectivity index (χ0v) is 10.7. The van der Waals surface area contributed by atoms with Crippen LogP contribution >= 0.6 is 0 Å². The van der Waals surface area contributed by atoms with E-state index < -0.39 is 5.60 Å². The van der Waals surface area contributed by atoms with Gasteiger partial charge >= 0.3 is 0 Å². The maximum absolute atomic E-state index is 10.6. The molecule has 0 spiro atoms. The maximum atomic E-state index is 10.6. The fraction of sp³-hybridized carbons (Fsp3) is 0.769. The van der Waals surface area contributed by atoms with Gasteiger partial charge in [-0.1, -0.05) is 13.3 Å². The first-order chi connectivity index (χ1) is 8.11. The average molecular weight is 238 g/mol. The van der Waals surface area contributed by atoms with Gasteiger partial charge in [-0.25, -0.2) is 0 Å². The predicted molar refractivity (Wildman–Crippen MR) is 65.7 cm³/mol. The SMILES string of the molecule is CCCC1CC(O)(Cc2cnn(C)c2)CCO1. The second-order valence-electron chi connectivity index (χ2n) is 5.16.